The van der Waals surface area contributed by atoms with Gasteiger partial charge >= 0.3 is 6.03 Å². The van der Waals surface area contributed by atoms with Gasteiger partial charge in [-0.15, -0.1) is 0 Å². The number of rotatable bonds is 6. The second kappa shape index (κ2) is 8.41. The Morgan fingerprint density at radius 3 is 2.64 bits per heavy atom. The third kappa shape index (κ3) is 4.77. The van der Waals surface area contributed by atoms with Crippen molar-refractivity contribution in [2.45, 2.75) is 25.4 Å². The van der Waals surface area contributed by atoms with Crippen LogP contribution in [0.3, 0.4) is 0 Å². The highest BCUT2D eigenvalue weighted by Crippen LogP contribution is 2.25. The largest absolute Gasteiger partial charge is 0.472 e. The normalized spacial score (nSPS) is 15.9. The molecule has 2 amide bonds. The van der Waals surface area contributed by atoms with Crippen LogP contribution < -0.4 is 5.32 Å². The molecule has 25 heavy (non-hydrogen) atoms. The monoisotopic (exact) mass is 361 g/mol. The van der Waals surface area contributed by atoms with Crippen molar-refractivity contribution in [1.29, 1.82) is 0 Å². The van der Waals surface area contributed by atoms with Crippen LogP contribution in [0.4, 0.5) is 4.79 Å². The van der Waals surface area contributed by atoms with Gasteiger partial charge in [-0.1, -0.05) is 23.7 Å². The predicted octanol–water partition coefficient (Wildman–Crippen LogP) is 3.91. The van der Waals surface area contributed by atoms with E-state index in [0.717, 1.165) is 23.7 Å². The molecule has 1 saturated heterocycles. The second-order valence-corrected chi connectivity index (χ2v) is 6.92. The minimum Gasteiger partial charge on any atom is -0.472 e. The first-order valence-electron chi connectivity index (χ1n) is 8.63. The predicted molar refractivity (Wildman–Crippen MR) is 98.6 cm³/mol. The Morgan fingerprint density at radius 2 is 2.00 bits per heavy atom. The van der Waals surface area contributed by atoms with Crippen LogP contribution in [-0.2, 0) is 6.54 Å². The van der Waals surface area contributed by atoms with Gasteiger partial charge in [0.2, 0.25) is 0 Å². The summed E-state index contributed by atoms with van der Waals surface area (Å²) in [5.41, 5.74) is 2.16. The van der Waals surface area contributed by atoms with Crippen LogP contribution in [0.1, 0.15) is 30.0 Å². The number of carbonyl (C=O) groups excluding carboxylic acids is 1. The maximum atomic E-state index is 12.4. The van der Waals surface area contributed by atoms with Crippen LogP contribution >= 0.6 is 11.6 Å². The van der Waals surface area contributed by atoms with Gasteiger partial charge in [0, 0.05) is 24.2 Å². The van der Waals surface area contributed by atoms with Crippen LogP contribution in [-0.4, -0.2) is 42.5 Å². The van der Waals surface area contributed by atoms with Crippen LogP contribution in [0.2, 0.25) is 5.02 Å². The molecule has 1 aromatic heterocycles. The van der Waals surface area contributed by atoms with Crippen molar-refractivity contribution in [3.63, 3.8) is 0 Å². The van der Waals surface area contributed by atoms with Crippen LogP contribution in [0.25, 0.3) is 0 Å². The molecular formula is C19H24ClN3O2. The van der Waals surface area contributed by atoms with E-state index in [9.17, 15) is 4.79 Å². The lowest BCUT2D eigenvalue weighted by atomic mass is 10.1. The lowest BCUT2D eigenvalue weighted by molar-refractivity contribution is 0.195. The van der Waals surface area contributed by atoms with Crippen molar-refractivity contribution < 1.29 is 9.21 Å². The Bertz CT molecular complexity index is 666. The minimum absolute atomic E-state index is 0.0839. The Kier molecular flexibility index (Phi) is 6.00. The number of amides is 2. The molecule has 1 aliphatic rings. The van der Waals surface area contributed by atoms with Gasteiger partial charge in [0.25, 0.3) is 0 Å². The smallest absolute Gasteiger partial charge is 0.317 e. The molecule has 0 spiro atoms. The summed E-state index contributed by atoms with van der Waals surface area (Å²) < 4.78 is 5.05. The van der Waals surface area contributed by atoms with Gasteiger partial charge in [0.1, 0.15) is 0 Å². The van der Waals surface area contributed by atoms with Crippen molar-refractivity contribution >= 4 is 17.6 Å². The summed E-state index contributed by atoms with van der Waals surface area (Å²) in [6.07, 6.45) is 5.69. The van der Waals surface area contributed by atoms with Crippen molar-refractivity contribution in [2.75, 3.05) is 26.7 Å². The highest BCUT2D eigenvalue weighted by Gasteiger charge is 2.24. The number of halogens is 1. The van der Waals surface area contributed by atoms with Crippen molar-refractivity contribution in [1.82, 2.24) is 15.1 Å². The molecule has 5 nitrogen and oxygen atoms in total. The zero-order valence-electron chi connectivity index (χ0n) is 14.5. The Hall–Kier alpha value is -1.98. The highest BCUT2D eigenvalue weighted by molar-refractivity contribution is 6.30. The maximum Gasteiger partial charge on any atom is 0.317 e. The third-order valence-corrected chi connectivity index (χ3v) is 4.88. The van der Waals surface area contributed by atoms with Crippen molar-refractivity contribution in [3.05, 3.63) is 59.0 Å². The number of benzene rings is 1. The number of urea groups is 1. The zero-order chi connectivity index (χ0) is 17.6. The fourth-order valence-corrected chi connectivity index (χ4v) is 3.37. The summed E-state index contributed by atoms with van der Waals surface area (Å²) in [5.74, 6) is 0. The fraction of sp³-hybridized carbons (Fsp3) is 0.421. The fourth-order valence-electron chi connectivity index (χ4n) is 3.24. The summed E-state index contributed by atoms with van der Waals surface area (Å²) in [6.45, 7) is 3.23. The first kappa shape index (κ1) is 17.8. The van der Waals surface area contributed by atoms with Crippen LogP contribution in [0, 0.1) is 0 Å². The Labute approximate surface area is 153 Å². The summed E-state index contributed by atoms with van der Waals surface area (Å²) in [5, 5.41) is 3.80. The SMILES string of the molecule is CN(Cc1ccoc1)C(=O)NCC(c1ccc(Cl)cc1)N1CCCC1. The van der Waals surface area contributed by atoms with E-state index in [0.29, 0.717) is 13.1 Å². The summed E-state index contributed by atoms with van der Waals surface area (Å²) in [4.78, 5) is 16.5. The molecule has 1 fully saturated rings. The number of carbonyl (C=O) groups is 1. The quantitative estimate of drug-likeness (QED) is 0.848. The summed E-state index contributed by atoms with van der Waals surface area (Å²) >= 11 is 6.02. The molecule has 0 radical (unpaired) electrons. The van der Waals surface area contributed by atoms with E-state index in [-0.39, 0.29) is 12.1 Å². The van der Waals surface area contributed by atoms with E-state index in [1.54, 1.807) is 24.5 Å². The molecule has 1 N–H and O–H groups in total. The third-order valence-electron chi connectivity index (χ3n) is 4.63. The first-order chi connectivity index (χ1) is 12.1. The molecule has 0 saturated carbocycles. The molecule has 6 heteroatoms. The number of hydrogen-bond acceptors (Lipinski definition) is 3. The van der Waals surface area contributed by atoms with Gasteiger partial charge in [-0.25, -0.2) is 4.79 Å². The van der Waals surface area contributed by atoms with E-state index in [1.165, 1.54) is 18.4 Å². The molecular weight excluding hydrogens is 338 g/mol. The summed E-state index contributed by atoms with van der Waals surface area (Å²) in [7, 11) is 1.79. The second-order valence-electron chi connectivity index (χ2n) is 6.48. The van der Waals surface area contributed by atoms with E-state index in [4.69, 9.17) is 16.0 Å². The van der Waals surface area contributed by atoms with E-state index in [2.05, 4.69) is 10.2 Å². The Balaban J connectivity index is 1.61. The number of nitrogens with zero attached hydrogens (tertiary/aromatic N) is 2. The molecule has 0 aliphatic carbocycles. The average molecular weight is 362 g/mol. The van der Waals surface area contributed by atoms with Gasteiger partial charge in [-0.2, -0.15) is 0 Å². The van der Waals surface area contributed by atoms with E-state index < -0.39 is 0 Å². The molecule has 1 aliphatic heterocycles. The van der Waals surface area contributed by atoms with Gasteiger partial charge in [-0.05, 0) is 49.7 Å². The lowest BCUT2D eigenvalue weighted by Crippen LogP contribution is -2.42. The minimum atomic E-state index is -0.0839. The number of furan rings is 1. The lowest BCUT2D eigenvalue weighted by Gasteiger charge is -2.29. The van der Waals surface area contributed by atoms with Gasteiger partial charge in [0.05, 0.1) is 25.1 Å². The molecule has 134 valence electrons. The topological polar surface area (TPSA) is 48.7 Å². The van der Waals surface area contributed by atoms with Crippen LogP contribution in [0.15, 0.2) is 47.3 Å². The van der Waals surface area contributed by atoms with Gasteiger partial charge in [-0.3, -0.25) is 4.90 Å². The Morgan fingerprint density at radius 1 is 1.28 bits per heavy atom. The average Bonchev–Trinajstić information content (AvgIpc) is 3.30. The number of hydrogen-bond donors (Lipinski definition) is 1. The zero-order valence-corrected chi connectivity index (χ0v) is 15.2. The highest BCUT2D eigenvalue weighted by atomic mass is 35.5. The molecule has 2 heterocycles. The maximum absolute atomic E-state index is 12.4. The van der Waals surface area contributed by atoms with E-state index in [1.807, 2.05) is 30.3 Å². The van der Waals surface area contributed by atoms with Crippen molar-refractivity contribution in [3.8, 4) is 0 Å². The molecule has 2 aromatic rings. The summed E-state index contributed by atoms with van der Waals surface area (Å²) in [6, 6.07) is 9.87. The molecule has 0 bridgehead atoms. The van der Waals surface area contributed by atoms with Gasteiger partial charge < -0.3 is 14.6 Å². The molecule has 1 unspecified atom stereocenters. The molecule has 1 aromatic carbocycles. The first-order valence-corrected chi connectivity index (χ1v) is 9.01. The van der Waals surface area contributed by atoms with Crippen LogP contribution in [0.5, 0.6) is 0 Å². The molecule has 1 atom stereocenters. The number of nitrogens with one attached hydrogen (secondary N) is 1. The standard InChI is InChI=1S/C19H24ClN3O2/c1-22(13-15-8-11-25-14-15)19(24)21-12-18(23-9-2-3-10-23)16-4-6-17(20)7-5-16/h4-8,11,14,18H,2-3,9-10,12-13H2,1H3,(H,21,24). The van der Waals surface area contributed by atoms with E-state index >= 15 is 0 Å². The molecule has 3 rings (SSSR count). The number of likely N-dealkylation sites (tertiary alicyclic amines) is 1. The van der Waals surface area contributed by atoms with Crippen molar-refractivity contribution in [2.24, 2.45) is 0 Å². The van der Waals surface area contributed by atoms with Gasteiger partial charge in [0.15, 0.2) is 0 Å².